The van der Waals surface area contributed by atoms with E-state index in [0.29, 0.717) is 5.69 Å². The Labute approximate surface area is 136 Å². The maximum absolute atomic E-state index is 12.5. The van der Waals surface area contributed by atoms with Gasteiger partial charge in [0.1, 0.15) is 0 Å². The molecule has 0 N–H and O–H groups in total. The average molecular weight is 320 g/mol. The first-order chi connectivity index (χ1) is 10.7. The largest absolute Gasteiger partial charge is 0.450 e. The number of rotatable bonds is 3. The van der Waals surface area contributed by atoms with Crippen LogP contribution in [0.3, 0.4) is 0 Å². The molecular formula is C17H24N2O4. The molecule has 1 aromatic rings. The molecule has 2 heterocycles. The van der Waals surface area contributed by atoms with Crippen LogP contribution in [-0.2, 0) is 9.53 Å². The second-order valence-electron chi connectivity index (χ2n) is 8.14. The molecule has 1 amide bonds. The maximum Gasteiger partial charge on any atom is 0.377 e. The lowest BCUT2D eigenvalue weighted by atomic mass is 9.65. The van der Waals surface area contributed by atoms with Gasteiger partial charge in [-0.3, -0.25) is 4.79 Å². The summed E-state index contributed by atoms with van der Waals surface area (Å²) in [4.78, 5) is 26.2. The van der Waals surface area contributed by atoms with Crippen molar-refractivity contribution >= 4 is 11.9 Å². The monoisotopic (exact) mass is 320 g/mol. The standard InChI is InChI=1S/C17H24N2O4/c1-11-5-13(23-18-11)15(21)22-8-14(20)19-10-17(4)7-12(19)6-16(2,3)9-17/h5,12H,6-10H2,1-4H3/t12-,17-/m0/s1. The van der Waals surface area contributed by atoms with Gasteiger partial charge in [-0.25, -0.2) is 4.79 Å². The van der Waals surface area contributed by atoms with Crippen LogP contribution >= 0.6 is 0 Å². The predicted octanol–water partition coefficient (Wildman–Crippen LogP) is 2.57. The van der Waals surface area contributed by atoms with Crippen molar-refractivity contribution in [3.63, 3.8) is 0 Å². The molecule has 6 nitrogen and oxygen atoms in total. The van der Waals surface area contributed by atoms with E-state index in [2.05, 4.69) is 25.9 Å². The minimum absolute atomic E-state index is 0.0311. The lowest BCUT2D eigenvalue weighted by Gasteiger charge is -2.39. The Morgan fingerprint density at radius 2 is 2.13 bits per heavy atom. The Balaban J connectivity index is 1.60. The summed E-state index contributed by atoms with van der Waals surface area (Å²) < 4.78 is 9.93. The fourth-order valence-corrected chi connectivity index (χ4v) is 4.49. The molecule has 6 heteroatoms. The first kappa shape index (κ1) is 16.0. The number of fused-ring (bicyclic) bond motifs is 2. The topological polar surface area (TPSA) is 72.6 Å². The third kappa shape index (κ3) is 3.26. The number of aryl methyl sites for hydroxylation is 1. The molecule has 1 aromatic heterocycles. The van der Waals surface area contributed by atoms with E-state index in [0.717, 1.165) is 25.8 Å². The number of ether oxygens (including phenoxy) is 1. The number of carbonyl (C=O) groups is 2. The highest BCUT2D eigenvalue weighted by atomic mass is 16.6. The van der Waals surface area contributed by atoms with Crippen LogP contribution in [0.2, 0.25) is 0 Å². The Hall–Kier alpha value is -1.85. The van der Waals surface area contributed by atoms with Gasteiger partial charge in [-0.15, -0.1) is 0 Å². The summed E-state index contributed by atoms with van der Waals surface area (Å²) in [5.41, 5.74) is 1.03. The molecule has 2 atom stereocenters. The van der Waals surface area contributed by atoms with Crippen molar-refractivity contribution in [3.8, 4) is 0 Å². The number of nitrogens with zero attached hydrogens (tertiary/aromatic N) is 2. The highest BCUT2D eigenvalue weighted by Gasteiger charge is 2.50. The second kappa shape index (κ2) is 5.35. The molecule has 0 unspecified atom stereocenters. The molecule has 1 aliphatic heterocycles. The van der Waals surface area contributed by atoms with E-state index < -0.39 is 5.97 Å². The highest BCUT2D eigenvalue weighted by Crippen LogP contribution is 2.52. The zero-order valence-electron chi connectivity index (χ0n) is 14.2. The SMILES string of the molecule is Cc1cc(C(=O)OCC(=O)N2C[C@@]3(C)C[C@@H]2CC(C)(C)C3)on1. The first-order valence-electron chi connectivity index (χ1n) is 8.07. The van der Waals surface area contributed by atoms with E-state index in [9.17, 15) is 9.59 Å². The van der Waals surface area contributed by atoms with Gasteiger partial charge < -0.3 is 14.2 Å². The highest BCUT2D eigenvalue weighted by molar-refractivity contribution is 5.88. The first-order valence-corrected chi connectivity index (χ1v) is 8.07. The third-order valence-corrected chi connectivity index (χ3v) is 4.89. The van der Waals surface area contributed by atoms with Crippen LogP contribution in [0.25, 0.3) is 0 Å². The molecule has 1 saturated heterocycles. The molecule has 3 rings (SSSR count). The average Bonchev–Trinajstić information content (AvgIpc) is 2.96. The number of hydrogen-bond donors (Lipinski definition) is 0. The van der Waals surface area contributed by atoms with E-state index in [1.807, 2.05) is 4.90 Å². The van der Waals surface area contributed by atoms with Crippen LogP contribution in [0.1, 0.15) is 56.3 Å². The molecule has 0 radical (unpaired) electrons. The molecule has 0 aromatic carbocycles. The summed E-state index contributed by atoms with van der Waals surface area (Å²) in [6, 6.07) is 1.75. The molecule has 1 aliphatic carbocycles. The maximum atomic E-state index is 12.5. The normalized spacial score (nSPS) is 28.7. The molecule has 0 spiro atoms. The molecule has 2 aliphatic rings. The number of carbonyl (C=O) groups excluding carboxylic acids is 2. The number of esters is 1. The van der Waals surface area contributed by atoms with Crippen molar-refractivity contribution in [2.75, 3.05) is 13.2 Å². The Bertz CT molecular complexity index is 636. The number of hydrogen-bond acceptors (Lipinski definition) is 5. The van der Waals surface area contributed by atoms with Gasteiger partial charge in [-0.05, 0) is 37.0 Å². The Morgan fingerprint density at radius 1 is 1.39 bits per heavy atom. The van der Waals surface area contributed by atoms with Crippen LogP contribution in [0.5, 0.6) is 0 Å². The third-order valence-electron chi connectivity index (χ3n) is 4.89. The summed E-state index contributed by atoms with van der Waals surface area (Å²) in [6.45, 7) is 9.00. The van der Waals surface area contributed by atoms with Crippen LogP contribution < -0.4 is 0 Å². The smallest absolute Gasteiger partial charge is 0.377 e. The van der Waals surface area contributed by atoms with Gasteiger partial charge in [-0.2, -0.15) is 0 Å². The van der Waals surface area contributed by atoms with E-state index in [1.54, 1.807) is 6.92 Å². The Kier molecular flexibility index (Phi) is 3.73. The van der Waals surface area contributed by atoms with Crippen molar-refractivity contribution < 1.29 is 18.8 Å². The number of likely N-dealkylation sites (tertiary alicyclic amines) is 1. The summed E-state index contributed by atoms with van der Waals surface area (Å²) in [7, 11) is 0. The van der Waals surface area contributed by atoms with Crippen LogP contribution in [-0.4, -0.2) is 41.1 Å². The van der Waals surface area contributed by atoms with E-state index in [-0.39, 0.29) is 35.1 Å². The summed E-state index contributed by atoms with van der Waals surface area (Å²) in [5, 5.41) is 3.64. The van der Waals surface area contributed by atoms with Crippen LogP contribution in [0.15, 0.2) is 10.6 Å². The summed E-state index contributed by atoms with van der Waals surface area (Å²) in [5.74, 6) is -0.739. The number of amides is 1. The van der Waals surface area contributed by atoms with Crippen molar-refractivity contribution in [2.24, 2.45) is 10.8 Å². The van der Waals surface area contributed by atoms with Crippen molar-refractivity contribution in [1.82, 2.24) is 10.1 Å². The Morgan fingerprint density at radius 3 is 2.78 bits per heavy atom. The lowest BCUT2D eigenvalue weighted by molar-refractivity contribution is -0.135. The summed E-state index contributed by atoms with van der Waals surface area (Å²) in [6.07, 6.45) is 3.17. The van der Waals surface area contributed by atoms with Crippen LogP contribution in [0.4, 0.5) is 0 Å². The van der Waals surface area contributed by atoms with E-state index in [1.165, 1.54) is 6.07 Å². The predicted molar refractivity (Wildman–Crippen MR) is 82.8 cm³/mol. The van der Waals surface area contributed by atoms with Gasteiger partial charge in [-0.1, -0.05) is 25.9 Å². The molecular weight excluding hydrogens is 296 g/mol. The van der Waals surface area contributed by atoms with Gasteiger partial charge in [0.05, 0.1) is 5.69 Å². The molecule has 2 bridgehead atoms. The summed E-state index contributed by atoms with van der Waals surface area (Å²) >= 11 is 0. The fourth-order valence-electron chi connectivity index (χ4n) is 4.49. The fraction of sp³-hybridized carbons (Fsp3) is 0.706. The molecule has 1 saturated carbocycles. The second-order valence-corrected chi connectivity index (χ2v) is 8.14. The zero-order chi connectivity index (χ0) is 16.8. The molecule has 126 valence electrons. The zero-order valence-corrected chi connectivity index (χ0v) is 14.2. The van der Waals surface area contributed by atoms with Crippen molar-refractivity contribution in [1.29, 1.82) is 0 Å². The number of aromatic nitrogens is 1. The molecule has 2 fully saturated rings. The van der Waals surface area contributed by atoms with Crippen molar-refractivity contribution in [3.05, 3.63) is 17.5 Å². The van der Waals surface area contributed by atoms with Gasteiger partial charge >= 0.3 is 5.97 Å². The van der Waals surface area contributed by atoms with Gasteiger partial charge in [0.2, 0.25) is 5.76 Å². The quantitative estimate of drug-likeness (QED) is 0.800. The van der Waals surface area contributed by atoms with Crippen molar-refractivity contribution in [2.45, 2.75) is 53.0 Å². The van der Waals surface area contributed by atoms with Crippen LogP contribution in [0, 0.1) is 17.8 Å². The van der Waals surface area contributed by atoms with Gasteiger partial charge in [0.15, 0.2) is 6.61 Å². The minimum Gasteiger partial charge on any atom is -0.450 e. The van der Waals surface area contributed by atoms with Gasteiger partial charge in [0, 0.05) is 18.7 Å². The molecule has 23 heavy (non-hydrogen) atoms. The lowest BCUT2D eigenvalue weighted by Crippen LogP contribution is -2.39. The minimum atomic E-state index is -0.646. The van der Waals surface area contributed by atoms with E-state index >= 15 is 0 Å². The van der Waals surface area contributed by atoms with E-state index in [4.69, 9.17) is 9.26 Å². The van der Waals surface area contributed by atoms with Gasteiger partial charge in [0.25, 0.3) is 5.91 Å².